The predicted octanol–water partition coefficient (Wildman–Crippen LogP) is 0.968. The van der Waals surface area contributed by atoms with E-state index in [1.54, 1.807) is 11.8 Å². The van der Waals surface area contributed by atoms with Crippen LogP contribution in [0.15, 0.2) is 0 Å². The van der Waals surface area contributed by atoms with E-state index < -0.39 is 5.91 Å². The van der Waals surface area contributed by atoms with Crippen molar-refractivity contribution in [3.63, 3.8) is 0 Å². The maximum Gasteiger partial charge on any atom is 0.236 e. The molecule has 18 heavy (non-hydrogen) atoms. The third-order valence-corrected chi connectivity index (χ3v) is 2.49. The molecule has 4 N–H and O–H groups in total. The highest BCUT2D eigenvalue weighted by molar-refractivity contribution is 6.28. The lowest BCUT2D eigenvalue weighted by Crippen LogP contribution is -2.37. The summed E-state index contributed by atoms with van der Waals surface area (Å²) in [5, 5.41) is 0.106. The van der Waals surface area contributed by atoms with Crippen molar-refractivity contribution in [2.75, 3.05) is 23.7 Å². The molecule has 6 nitrogen and oxygen atoms in total. The van der Waals surface area contributed by atoms with Crippen molar-refractivity contribution in [3.8, 4) is 0 Å². The Hall–Kier alpha value is -1.56. The van der Waals surface area contributed by atoms with Crippen LogP contribution < -0.4 is 16.4 Å². The molecule has 1 aromatic rings. The second kappa shape index (κ2) is 5.86. The molecule has 1 aromatic heterocycles. The Kier molecular flexibility index (Phi) is 4.72. The van der Waals surface area contributed by atoms with E-state index >= 15 is 0 Å². The van der Waals surface area contributed by atoms with Gasteiger partial charge in [-0.15, -0.1) is 0 Å². The van der Waals surface area contributed by atoms with Crippen LogP contribution in [0.2, 0.25) is 5.28 Å². The standard InChI is InChI=1S/C11H18ClN5O/c1-6(2)4-17(5-8(13)18)10-9(14)7(3)15-11(12)16-10/h6H,4-5,14H2,1-3H3,(H2,13,18). The van der Waals surface area contributed by atoms with E-state index in [9.17, 15) is 4.79 Å². The van der Waals surface area contributed by atoms with Crippen LogP contribution in [0.25, 0.3) is 0 Å². The van der Waals surface area contributed by atoms with Crippen molar-refractivity contribution < 1.29 is 4.79 Å². The Morgan fingerprint density at radius 2 is 2.06 bits per heavy atom. The minimum atomic E-state index is -0.442. The molecule has 1 heterocycles. The SMILES string of the molecule is Cc1nc(Cl)nc(N(CC(N)=O)CC(C)C)c1N. The Labute approximate surface area is 111 Å². The highest BCUT2D eigenvalue weighted by atomic mass is 35.5. The number of anilines is 2. The second-order valence-corrected chi connectivity index (χ2v) is 4.89. The molecule has 0 aliphatic heterocycles. The number of amides is 1. The third kappa shape index (κ3) is 3.73. The van der Waals surface area contributed by atoms with Gasteiger partial charge in [-0.2, -0.15) is 4.98 Å². The smallest absolute Gasteiger partial charge is 0.236 e. The monoisotopic (exact) mass is 271 g/mol. The molecule has 7 heteroatoms. The van der Waals surface area contributed by atoms with Crippen molar-refractivity contribution in [3.05, 3.63) is 11.0 Å². The van der Waals surface area contributed by atoms with Crippen LogP contribution >= 0.6 is 11.6 Å². The van der Waals surface area contributed by atoms with Gasteiger partial charge < -0.3 is 16.4 Å². The maximum atomic E-state index is 11.1. The molecule has 0 fully saturated rings. The molecule has 0 saturated heterocycles. The molecule has 100 valence electrons. The van der Waals surface area contributed by atoms with E-state index in [-0.39, 0.29) is 11.8 Å². The average Bonchev–Trinajstić information content (AvgIpc) is 2.21. The van der Waals surface area contributed by atoms with Gasteiger partial charge in [-0.05, 0) is 24.4 Å². The van der Waals surface area contributed by atoms with Gasteiger partial charge in [0.05, 0.1) is 17.9 Å². The van der Waals surface area contributed by atoms with Gasteiger partial charge in [0.25, 0.3) is 0 Å². The zero-order valence-corrected chi connectivity index (χ0v) is 11.5. The van der Waals surface area contributed by atoms with Gasteiger partial charge in [-0.3, -0.25) is 4.79 Å². The lowest BCUT2D eigenvalue weighted by atomic mass is 10.2. The zero-order valence-electron chi connectivity index (χ0n) is 10.8. The summed E-state index contributed by atoms with van der Waals surface area (Å²) in [6.45, 7) is 6.46. The molecule has 0 aliphatic rings. The predicted molar refractivity (Wildman–Crippen MR) is 72.4 cm³/mol. The number of halogens is 1. The van der Waals surface area contributed by atoms with Crippen LogP contribution in [0.5, 0.6) is 0 Å². The van der Waals surface area contributed by atoms with Crippen LogP contribution in [0.3, 0.4) is 0 Å². The van der Waals surface area contributed by atoms with E-state index in [1.807, 2.05) is 13.8 Å². The minimum Gasteiger partial charge on any atom is -0.394 e. The fourth-order valence-electron chi connectivity index (χ4n) is 1.63. The minimum absolute atomic E-state index is 0.0508. The van der Waals surface area contributed by atoms with Crippen LogP contribution in [-0.4, -0.2) is 29.0 Å². The molecular weight excluding hydrogens is 254 g/mol. The van der Waals surface area contributed by atoms with Gasteiger partial charge in [-0.1, -0.05) is 13.8 Å². The van der Waals surface area contributed by atoms with Gasteiger partial charge >= 0.3 is 0 Å². The number of rotatable bonds is 5. The van der Waals surface area contributed by atoms with Crippen molar-refractivity contribution >= 4 is 29.0 Å². The Morgan fingerprint density at radius 1 is 1.44 bits per heavy atom. The Morgan fingerprint density at radius 3 is 2.56 bits per heavy atom. The fourth-order valence-corrected chi connectivity index (χ4v) is 1.84. The summed E-state index contributed by atoms with van der Waals surface area (Å²) in [6.07, 6.45) is 0. The first-order valence-electron chi connectivity index (χ1n) is 5.64. The number of hydrogen-bond donors (Lipinski definition) is 2. The quantitative estimate of drug-likeness (QED) is 0.778. The van der Waals surface area contributed by atoms with E-state index in [2.05, 4.69) is 9.97 Å². The largest absolute Gasteiger partial charge is 0.394 e. The van der Waals surface area contributed by atoms with Crippen LogP contribution in [0, 0.1) is 12.8 Å². The Bertz CT molecular complexity index is 449. The molecule has 0 unspecified atom stereocenters. The molecule has 0 saturated carbocycles. The molecule has 0 radical (unpaired) electrons. The number of carbonyl (C=O) groups excluding carboxylic acids is 1. The average molecular weight is 272 g/mol. The normalized spacial score (nSPS) is 10.7. The molecule has 1 amide bonds. The molecule has 0 aromatic carbocycles. The van der Waals surface area contributed by atoms with Crippen LogP contribution in [0.1, 0.15) is 19.5 Å². The van der Waals surface area contributed by atoms with Crippen molar-refractivity contribution in [2.45, 2.75) is 20.8 Å². The first-order valence-corrected chi connectivity index (χ1v) is 6.02. The van der Waals surface area contributed by atoms with Gasteiger partial charge in [0.15, 0.2) is 5.82 Å². The number of aryl methyl sites for hydroxylation is 1. The first kappa shape index (κ1) is 14.5. The lowest BCUT2D eigenvalue weighted by Gasteiger charge is -2.25. The summed E-state index contributed by atoms with van der Waals surface area (Å²) in [4.78, 5) is 20.9. The summed E-state index contributed by atoms with van der Waals surface area (Å²) in [7, 11) is 0. The summed E-state index contributed by atoms with van der Waals surface area (Å²) in [5.74, 6) is 0.347. The van der Waals surface area contributed by atoms with E-state index in [0.717, 1.165) is 0 Å². The van der Waals surface area contributed by atoms with E-state index in [1.165, 1.54) is 0 Å². The first-order chi connectivity index (χ1) is 8.31. The summed E-state index contributed by atoms with van der Waals surface area (Å²) >= 11 is 5.82. The van der Waals surface area contributed by atoms with Gasteiger partial charge in [0.2, 0.25) is 11.2 Å². The number of primary amides is 1. The second-order valence-electron chi connectivity index (χ2n) is 4.56. The van der Waals surface area contributed by atoms with E-state index in [0.29, 0.717) is 29.7 Å². The van der Waals surface area contributed by atoms with Crippen LogP contribution in [0.4, 0.5) is 11.5 Å². The molecule has 0 aliphatic carbocycles. The Balaban J connectivity index is 3.15. The summed E-state index contributed by atoms with van der Waals surface area (Å²) in [6, 6.07) is 0. The number of hydrogen-bond acceptors (Lipinski definition) is 5. The molecule has 1 rings (SSSR count). The van der Waals surface area contributed by atoms with Gasteiger partial charge in [0, 0.05) is 6.54 Å². The third-order valence-electron chi connectivity index (χ3n) is 2.32. The van der Waals surface area contributed by atoms with Crippen molar-refractivity contribution in [1.82, 2.24) is 9.97 Å². The summed E-state index contributed by atoms with van der Waals surface area (Å²) in [5.41, 5.74) is 12.2. The highest BCUT2D eigenvalue weighted by Gasteiger charge is 2.18. The van der Waals surface area contributed by atoms with Crippen molar-refractivity contribution in [2.24, 2.45) is 11.7 Å². The molecule has 0 bridgehead atoms. The fraction of sp³-hybridized carbons (Fsp3) is 0.545. The molecule has 0 spiro atoms. The number of aromatic nitrogens is 2. The van der Waals surface area contributed by atoms with Crippen molar-refractivity contribution in [1.29, 1.82) is 0 Å². The molecule has 0 atom stereocenters. The number of carbonyl (C=O) groups is 1. The lowest BCUT2D eigenvalue weighted by molar-refractivity contribution is -0.116. The van der Waals surface area contributed by atoms with Crippen LogP contribution in [-0.2, 0) is 4.79 Å². The number of nitrogens with two attached hydrogens (primary N) is 2. The zero-order chi connectivity index (χ0) is 13.9. The number of nitrogens with zero attached hydrogens (tertiary/aromatic N) is 3. The molecular formula is C11H18ClN5O. The topological polar surface area (TPSA) is 98.1 Å². The highest BCUT2D eigenvalue weighted by Crippen LogP contribution is 2.25. The van der Waals surface area contributed by atoms with Gasteiger partial charge in [0.1, 0.15) is 0 Å². The maximum absolute atomic E-state index is 11.1. The van der Waals surface area contributed by atoms with Gasteiger partial charge in [-0.25, -0.2) is 4.98 Å². The number of nitrogen functional groups attached to an aromatic ring is 1. The van der Waals surface area contributed by atoms with E-state index in [4.69, 9.17) is 23.1 Å². The summed E-state index contributed by atoms with van der Waals surface area (Å²) < 4.78 is 0.